The lowest BCUT2D eigenvalue weighted by molar-refractivity contribution is -0.155. The Morgan fingerprint density at radius 1 is 1.18 bits per heavy atom. The van der Waals surface area contributed by atoms with Gasteiger partial charge in [-0.2, -0.15) is 13.2 Å². The van der Waals surface area contributed by atoms with E-state index in [1.807, 2.05) is 4.90 Å². The lowest BCUT2D eigenvalue weighted by atomic mass is 9.84. The van der Waals surface area contributed by atoms with Gasteiger partial charge in [-0.15, -0.1) is 0 Å². The zero-order valence-electron chi connectivity index (χ0n) is 20.7. The van der Waals surface area contributed by atoms with Crippen molar-refractivity contribution in [2.45, 2.75) is 50.5 Å². The van der Waals surface area contributed by atoms with E-state index in [1.54, 1.807) is 0 Å². The number of hydrogen-bond donors (Lipinski definition) is 2. The van der Waals surface area contributed by atoms with Crippen molar-refractivity contribution in [2.75, 3.05) is 32.9 Å². The molecule has 0 spiro atoms. The topological polar surface area (TPSA) is 65.0 Å². The van der Waals surface area contributed by atoms with Crippen LogP contribution in [-0.2, 0) is 6.42 Å². The molecule has 4 rings (SSSR count). The van der Waals surface area contributed by atoms with E-state index in [9.17, 15) is 27.5 Å². The molecular weight excluding hydrogens is 516 g/mol. The molecule has 3 atom stereocenters. The van der Waals surface area contributed by atoms with Crippen molar-refractivity contribution < 1.29 is 41.0 Å². The second-order valence-corrected chi connectivity index (χ2v) is 9.79. The summed E-state index contributed by atoms with van der Waals surface area (Å²) in [6.45, 7) is 1.38. The van der Waals surface area contributed by atoms with Crippen LogP contribution < -0.4 is 10.1 Å². The summed E-state index contributed by atoms with van der Waals surface area (Å²) < 4.78 is 88.6. The number of benzene rings is 2. The van der Waals surface area contributed by atoms with Gasteiger partial charge in [-0.05, 0) is 49.4 Å². The van der Waals surface area contributed by atoms with E-state index >= 15 is 8.78 Å². The number of fused-ring (bicyclic) bond motifs is 1. The maximum atomic E-state index is 15.4. The van der Waals surface area contributed by atoms with Crippen LogP contribution in [0.1, 0.15) is 42.5 Å². The summed E-state index contributed by atoms with van der Waals surface area (Å²) in [7, 11) is 0. The van der Waals surface area contributed by atoms with Crippen LogP contribution in [0.2, 0.25) is 0 Å². The predicted molar refractivity (Wildman–Crippen MR) is 127 cm³/mol. The van der Waals surface area contributed by atoms with E-state index in [1.165, 1.54) is 25.1 Å². The molecule has 2 N–H and O–H groups in total. The van der Waals surface area contributed by atoms with Crippen molar-refractivity contribution in [2.24, 2.45) is 0 Å². The first-order valence-corrected chi connectivity index (χ1v) is 12.3. The van der Waals surface area contributed by atoms with Gasteiger partial charge in [0.15, 0.2) is 0 Å². The normalized spacial score (nSPS) is 22.3. The third-order valence-electron chi connectivity index (χ3n) is 6.94. The Morgan fingerprint density at radius 3 is 2.55 bits per heavy atom. The summed E-state index contributed by atoms with van der Waals surface area (Å²) in [6.07, 6.45) is -4.43. The third-order valence-corrected chi connectivity index (χ3v) is 6.94. The minimum Gasteiger partial charge on any atom is -0.508 e. The molecule has 2 aromatic carbocycles. The number of aromatic hydroxyl groups is 1. The first-order valence-electron chi connectivity index (χ1n) is 12.3. The van der Waals surface area contributed by atoms with Crippen LogP contribution in [-0.4, -0.2) is 72.1 Å². The highest BCUT2D eigenvalue weighted by Gasteiger charge is 2.42. The van der Waals surface area contributed by atoms with E-state index in [2.05, 4.69) is 5.32 Å². The van der Waals surface area contributed by atoms with Gasteiger partial charge in [-0.25, -0.2) is 13.6 Å². The molecule has 1 fully saturated rings. The van der Waals surface area contributed by atoms with Crippen molar-refractivity contribution >= 4 is 6.09 Å². The number of likely N-dealkylation sites (tertiary alicyclic amines) is 1. The minimum absolute atomic E-state index is 0.109. The van der Waals surface area contributed by atoms with Crippen LogP contribution in [0, 0.1) is 11.6 Å². The molecule has 208 valence electrons. The average Bonchev–Trinajstić information content (AvgIpc) is 3.25. The number of ether oxygens (including phenoxy) is 1. The Balaban J connectivity index is 1.57. The molecular formula is C26H29F6N3O3. The first kappa shape index (κ1) is 28.0. The summed E-state index contributed by atoms with van der Waals surface area (Å²) in [5.41, 5.74) is 0.115. The highest BCUT2D eigenvalue weighted by Crippen LogP contribution is 2.43. The molecule has 2 aliphatic rings. The minimum atomic E-state index is -4.63. The van der Waals surface area contributed by atoms with Gasteiger partial charge in [0, 0.05) is 49.4 Å². The molecule has 6 nitrogen and oxygen atoms in total. The standard InChI is InChI=1S/C26H29F6N3O3/c1-15-9-16-10-18(36)3-4-20(16)24(35(15)14-26(30,31)32)23-21(28)11-19(12-22(23)29)38-25(37)33-17-5-8-34(13-17)7-2-6-27/h3-4,10-12,15,17,24,36H,2,5-9,13-14H2,1H3,(H,33,37)/t15-,17+,24+/m1/s1. The summed E-state index contributed by atoms with van der Waals surface area (Å²) in [5, 5.41) is 12.5. The van der Waals surface area contributed by atoms with Crippen LogP contribution in [0.15, 0.2) is 30.3 Å². The largest absolute Gasteiger partial charge is 0.508 e. The molecule has 2 aliphatic heterocycles. The van der Waals surface area contributed by atoms with Crippen molar-refractivity contribution in [3.8, 4) is 11.5 Å². The lowest BCUT2D eigenvalue weighted by Gasteiger charge is -2.42. The molecule has 2 heterocycles. The Hall–Kier alpha value is -2.99. The number of hydrogen-bond acceptors (Lipinski definition) is 5. The van der Waals surface area contributed by atoms with Crippen LogP contribution in [0.25, 0.3) is 0 Å². The number of phenolic OH excluding ortho intramolecular Hbond substituents is 1. The fourth-order valence-electron chi connectivity index (χ4n) is 5.30. The number of rotatable bonds is 7. The van der Waals surface area contributed by atoms with Gasteiger partial charge < -0.3 is 20.1 Å². The number of halogens is 6. The maximum absolute atomic E-state index is 15.4. The maximum Gasteiger partial charge on any atom is 0.412 e. The van der Waals surface area contributed by atoms with Crippen molar-refractivity contribution in [1.82, 2.24) is 15.1 Å². The van der Waals surface area contributed by atoms with Crippen molar-refractivity contribution in [3.63, 3.8) is 0 Å². The molecule has 0 saturated carbocycles. The Labute approximate surface area is 216 Å². The molecule has 0 aliphatic carbocycles. The van der Waals surface area contributed by atoms with E-state index in [-0.39, 0.29) is 23.8 Å². The Bertz CT molecular complexity index is 1140. The van der Waals surface area contributed by atoms with Gasteiger partial charge >= 0.3 is 12.3 Å². The van der Waals surface area contributed by atoms with E-state index in [0.29, 0.717) is 38.0 Å². The lowest BCUT2D eigenvalue weighted by Crippen LogP contribution is -2.47. The SMILES string of the molecule is C[C@@H]1Cc2cc(O)ccc2[C@@H](c2c(F)cc(OC(=O)N[C@H]3CCN(CCCF)C3)cc2F)N1CC(F)(F)F. The van der Waals surface area contributed by atoms with Gasteiger partial charge in [0.1, 0.15) is 23.1 Å². The van der Waals surface area contributed by atoms with Crippen LogP contribution >= 0.6 is 0 Å². The van der Waals surface area contributed by atoms with Crippen LogP contribution in [0.4, 0.5) is 31.1 Å². The summed E-state index contributed by atoms with van der Waals surface area (Å²) in [4.78, 5) is 15.3. The second kappa shape index (κ2) is 11.4. The van der Waals surface area contributed by atoms with Crippen molar-refractivity contribution in [3.05, 3.63) is 58.7 Å². The molecule has 2 aromatic rings. The summed E-state index contributed by atoms with van der Waals surface area (Å²) >= 11 is 0. The molecule has 0 bridgehead atoms. The quantitative estimate of drug-likeness (QED) is 0.475. The first-order chi connectivity index (χ1) is 17.9. The predicted octanol–water partition coefficient (Wildman–Crippen LogP) is 5.09. The zero-order valence-corrected chi connectivity index (χ0v) is 20.7. The highest BCUT2D eigenvalue weighted by molar-refractivity contribution is 5.70. The molecule has 0 unspecified atom stereocenters. The summed E-state index contributed by atoms with van der Waals surface area (Å²) in [6, 6.07) is 3.09. The number of carbonyl (C=O) groups excluding carboxylic acids is 1. The smallest absolute Gasteiger partial charge is 0.412 e. The van der Waals surface area contributed by atoms with Gasteiger partial charge in [-0.1, -0.05) is 6.07 Å². The molecule has 0 radical (unpaired) electrons. The number of phenols is 1. The fourth-order valence-corrected chi connectivity index (χ4v) is 5.30. The fraction of sp³-hybridized carbons (Fsp3) is 0.500. The van der Waals surface area contributed by atoms with E-state index in [4.69, 9.17) is 4.74 Å². The number of nitrogens with one attached hydrogen (secondary N) is 1. The van der Waals surface area contributed by atoms with Gasteiger partial charge in [0.2, 0.25) is 0 Å². The Morgan fingerprint density at radius 2 is 1.89 bits per heavy atom. The van der Waals surface area contributed by atoms with Crippen LogP contribution in [0.3, 0.4) is 0 Å². The molecule has 0 aromatic heterocycles. The van der Waals surface area contributed by atoms with Gasteiger partial charge in [0.25, 0.3) is 0 Å². The number of carbonyl (C=O) groups is 1. The van der Waals surface area contributed by atoms with Crippen molar-refractivity contribution in [1.29, 1.82) is 0 Å². The average molecular weight is 546 g/mol. The molecule has 12 heteroatoms. The molecule has 1 saturated heterocycles. The number of amides is 1. The van der Waals surface area contributed by atoms with Gasteiger partial charge in [0.05, 0.1) is 19.3 Å². The van der Waals surface area contributed by atoms with Crippen LogP contribution in [0.5, 0.6) is 11.5 Å². The number of alkyl halides is 4. The second-order valence-electron chi connectivity index (χ2n) is 9.79. The molecule has 1 amide bonds. The monoisotopic (exact) mass is 545 g/mol. The van der Waals surface area contributed by atoms with Gasteiger partial charge in [-0.3, -0.25) is 9.29 Å². The Kier molecular flexibility index (Phi) is 8.41. The van der Waals surface area contributed by atoms with E-state index in [0.717, 1.165) is 17.0 Å². The number of nitrogens with zero attached hydrogens (tertiary/aromatic N) is 2. The third kappa shape index (κ3) is 6.52. The summed E-state index contributed by atoms with van der Waals surface area (Å²) in [5.74, 6) is -2.89. The van der Waals surface area contributed by atoms with E-state index < -0.39 is 60.5 Å². The highest BCUT2D eigenvalue weighted by atomic mass is 19.4. The zero-order chi connectivity index (χ0) is 27.6. The molecule has 38 heavy (non-hydrogen) atoms.